The average molecular weight is 252 g/mol. The van der Waals surface area contributed by atoms with Crippen molar-refractivity contribution in [2.75, 3.05) is 18.8 Å². The number of nitrogens with two attached hydrogens (primary N) is 1. The maximum Gasteiger partial charge on any atom is 0.243 e. The Hall–Kier alpha value is -1.33. The van der Waals surface area contributed by atoms with Crippen LogP contribution in [0, 0.1) is 0 Å². The average Bonchev–Trinajstić information content (AvgIpc) is 2.29. The number of benzene rings is 1. The second-order valence-corrected chi connectivity index (χ2v) is 6.19. The van der Waals surface area contributed by atoms with Crippen molar-refractivity contribution in [3.63, 3.8) is 0 Å². The van der Waals surface area contributed by atoms with Gasteiger partial charge in [-0.15, -0.1) is 0 Å². The minimum Gasteiger partial charge on any atom is -0.399 e. The summed E-state index contributed by atoms with van der Waals surface area (Å²) < 4.78 is 26.2. The Balaban J connectivity index is 2.34. The van der Waals surface area contributed by atoms with Gasteiger partial charge in [-0.05, 0) is 31.5 Å². The van der Waals surface area contributed by atoms with Gasteiger partial charge in [-0.2, -0.15) is 4.31 Å². The molecule has 5 heteroatoms. The van der Waals surface area contributed by atoms with Crippen LogP contribution < -0.4 is 5.73 Å². The normalized spacial score (nSPS) is 17.8. The van der Waals surface area contributed by atoms with Crippen molar-refractivity contribution in [2.24, 2.45) is 0 Å². The summed E-state index contributed by atoms with van der Waals surface area (Å²) in [6.45, 7) is 2.95. The molecule has 1 aromatic carbocycles. The lowest BCUT2D eigenvalue weighted by molar-refractivity contribution is 0.428. The van der Waals surface area contributed by atoms with E-state index in [0.29, 0.717) is 18.8 Å². The maximum absolute atomic E-state index is 12.3. The minimum atomic E-state index is -3.40. The van der Waals surface area contributed by atoms with E-state index >= 15 is 0 Å². The molecule has 1 aromatic rings. The van der Waals surface area contributed by atoms with E-state index in [1.165, 1.54) is 10.4 Å². The molecule has 0 saturated heterocycles. The molecule has 0 bridgehead atoms. The molecule has 4 nitrogen and oxygen atoms in total. The summed E-state index contributed by atoms with van der Waals surface area (Å²) in [5, 5.41) is 0. The van der Waals surface area contributed by atoms with Gasteiger partial charge in [0, 0.05) is 18.8 Å². The monoisotopic (exact) mass is 252 g/mol. The fourth-order valence-electron chi connectivity index (χ4n) is 1.91. The molecule has 0 saturated carbocycles. The number of hydrogen-bond acceptors (Lipinski definition) is 3. The number of anilines is 1. The summed E-state index contributed by atoms with van der Waals surface area (Å²) in [5.74, 6) is 0. The van der Waals surface area contributed by atoms with Gasteiger partial charge in [0.15, 0.2) is 0 Å². The Morgan fingerprint density at radius 3 is 2.76 bits per heavy atom. The predicted octanol–water partition coefficient (Wildman–Crippen LogP) is 1.61. The van der Waals surface area contributed by atoms with Crippen molar-refractivity contribution in [3.05, 3.63) is 35.9 Å². The summed E-state index contributed by atoms with van der Waals surface area (Å²) in [4.78, 5) is 0.271. The molecule has 1 aliphatic rings. The first kappa shape index (κ1) is 12.1. The van der Waals surface area contributed by atoms with E-state index in [2.05, 4.69) is 6.08 Å². The highest BCUT2D eigenvalue weighted by Crippen LogP contribution is 2.21. The Labute approximate surface area is 102 Å². The van der Waals surface area contributed by atoms with Crippen molar-refractivity contribution < 1.29 is 8.42 Å². The first-order chi connectivity index (χ1) is 8.00. The molecule has 92 valence electrons. The largest absolute Gasteiger partial charge is 0.399 e. The molecule has 0 amide bonds. The zero-order valence-electron chi connectivity index (χ0n) is 9.76. The number of hydrogen-bond donors (Lipinski definition) is 1. The van der Waals surface area contributed by atoms with Crippen LogP contribution in [0.2, 0.25) is 0 Å². The van der Waals surface area contributed by atoms with Crippen LogP contribution in [0.15, 0.2) is 40.8 Å². The Morgan fingerprint density at radius 1 is 1.35 bits per heavy atom. The highest BCUT2D eigenvalue weighted by Gasteiger charge is 2.25. The molecule has 0 unspecified atom stereocenters. The van der Waals surface area contributed by atoms with E-state index in [1.807, 2.05) is 6.92 Å². The Kier molecular flexibility index (Phi) is 3.22. The first-order valence-electron chi connectivity index (χ1n) is 5.51. The molecule has 0 fully saturated rings. The summed E-state index contributed by atoms with van der Waals surface area (Å²) in [6.07, 6.45) is 2.85. The fraction of sp³-hybridized carbons (Fsp3) is 0.333. The van der Waals surface area contributed by atoms with Gasteiger partial charge >= 0.3 is 0 Å². The SMILES string of the molecule is CC1=CCCN(S(=O)(=O)c2cccc(N)c2)C1. The van der Waals surface area contributed by atoms with Gasteiger partial charge in [-0.25, -0.2) is 8.42 Å². The zero-order chi connectivity index (χ0) is 12.5. The number of sulfonamides is 1. The van der Waals surface area contributed by atoms with Crippen LogP contribution in [0.4, 0.5) is 5.69 Å². The van der Waals surface area contributed by atoms with Gasteiger partial charge in [0.2, 0.25) is 10.0 Å². The third-order valence-electron chi connectivity index (χ3n) is 2.79. The van der Waals surface area contributed by atoms with Gasteiger partial charge < -0.3 is 5.73 Å². The van der Waals surface area contributed by atoms with Crippen molar-refractivity contribution >= 4 is 15.7 Å². The lowest BCUT2D eigenvalue weighted by Crippen LogP contribution is -2.35. The van der Waals surface area contributed by atoms with Gasteiger partial charge in [-0.1, -0.05) is 17.7 Å². The first-order valence-corrected chi connectivity index (χ1v) is 6.95. The number of rotatable bonds is 2. The van der Waals surface area contributed by atoms with Crippen LogP contribution in [-0.4, -0.2) is 25.8 Å². The standard InChI is InChI=1S/C12H16N2O2S/c1-10-4-3-7-14(9-10)17(15,16)12-6-2-5-11(13)8-12/h2,4-6,8H,3,7,9,13H2,1H3. The van der Waals surface area contributed by atoms with Crippen molar-refractivity contribution in [3.8, 4) is 0 Å². The Morgan fingerprint density at radius 2 is 2.12 bits per heavy atom. The second kappa shape index (κ2) is 4.50. The lowest BCUT2D eigenvalue weighted by atomic mass is 10.2. The maximum atomic E-state index is 12.3. The molecular formula is C12H16N2O2S. The van der Waals surface area contributed by atoms with Crippen molar-refractivity contribution in [2.45, 2.75) is 18.2 Å². The summed E-state index contributed by atoms with van der Waals surface area (Å²) >= 11 is 0. The van der Waals surface area contributed by atoms with E-state index in [1.54, 1.807) is 18.2 Å². The summed E-state index contributed by atoms with van der Waals surface area (Å²) in [7, 11) is -3.40. The van der Waals surface area contributed by atoms with E-state index in [-0.39, 0.29) is 4.90 Å². The number of nitrogens with zero attached hydrogens (tertiary/aromatic N) is 1. The van der Waals surface area contributed by atoms with Crippen LogP contribution in [-0.2, 0) is 10.0 Å². The minimum absolute atomic E-state index is 0.271. The Bertz CT molecular complexity index is 549. The highest BCUT2D eigenvalue weighted by atomic mass is 32.2. The third kappa shape index (κ3) is 2.50. The molecule has 0 atom stereocenters. The topological polar surface area (TPSA) is 63.4 Å². The second-order valence-electron chi connectivity index (χ2n) is 4.25. The van der Waals surface area contributed by atoms with Crippen LogP contribution in [0.1, 0.15) is 13.3 Å². The summed E-state index contributed by atoms with van der Waals surface area (Å²) in [5.41, 5.74) is 7.17. The van der Waals surface area contributed by atoms with Gasteiger partial charge in [0.25, 0.3) is 0 Å². The smallest absolute Gasteiger partial charge is 0.243 e. The molecule has 0 spiro atoms. The van der Waals surface area contributed by atoms with Gasteiger partial charge in [0.05, 0.1) is 4.90 Å². The van der Waals surface area contributed by atoms with Crippen LogP contribution >= 0.6 is 0 Å². The van der Waals surface area contributed by atoms with Gasteiger partial charge in [0.1, 0.15) is 0 Å². The molecule has 2 rings (SSSR count). The molecule has 1 aliphatic heterocycles. The van der Waals surface area contributed by atoms with E-state index < -0.39 is 10.0 Å². The highest BCUT2D eigenvalue weighted by molar-refractivity contribution is 7.89. The van der Waals surface area contributed by atoms with Crippen LogP contribution in [0.25, 0.3) is 0 Å². The van der Waals surface area contributed by atoms with Crippen LogP contribution in [0.5, 0.6) is 0 Å². The third-order valence-corrected chi connectivity index (χ3v) is 4.63. The van der Waals surface area contributed by atoms with E-state index in [0.717, 1.165) is 12.0 Å². The van der Waals surface area contributed by atoms with Gasteiger partial charge in [-0.3, -0.25) is 0 Å². The number of nitrogen functional groups attached to an aromatic ring is 1. The fourth-order valence-corrected chi connectivity index (χ4v) is 3.46. The molecule has 0 radical (unpaired) electrons. The lowest BCUT2D eigenvalue weighted by Gasteiger charge is -2.25. The predicted molar refractivity (Wildman–Crippen MR) is 68.0 cm³/mol. The molecule has 0 aromatic heterocycles. The molecule has 2 N–H and O–H groups in total. The van der Waals surface area contributed by atoms with Crippen molar-refractivity contribution in [1.82, 2.24) is 4.31 Å². The zero-order valence-corrected chi connectivity index (χ0v) is 10.6. The van der Waals surface area contributed by atoms with E-state index in [9.17, 15) is 8.42 Å². The van der Waals surface area contributed by atoms with E-state index in [4.69, 9.17) is 5.73 Å². The van der Waals surface area contributed by atoms with Crippen molar-refractivity contribution in [1.29, 1.82) is 0 Å². The molecule has 0 aliphatic carbocycles. The molecule has 17 heavy (non-hydrogen) atoms. The molecule has 1 heterocycles. The quantitative estimate of drug-likeness (QED) is 0.642. The summed E-state index contributed by atoms with van der Waals surface area (Å²) in [6, 6.07) is 6.43. The molecular weight excluding hydrogens is 236 g/mol. The van der Waals surface area contributed by atoms with Crippen LogP contribution in [0.3, 0.4) is 0 Å².